The van der Waals surface area contributed by atoms with E-state index in [1.54, 1.807) is 21.3 Å². The van der Waals surface area contributed by atoms with E-state index in [4.69, 9.17) is 42.6 Å². The summed E-state index contributed by atoms with van der Waals surface area (Å²) in [7, 11) is 9.20. The molecule has 4 heterocycles. The van der Waals surface area contributed by atoms with Gasteiger partial charge in [-0.25, -0.2) is 0 Å². The average molecular weight is 881 g/mol. The largest absolute Gasteiger partial charge is 0.491 e. The molecule has 6 fully saturated rings. The van der Waals surface area contributed by atoms with Crippen LogP contribution in [0.4, 0.5) is 5.69 Å². The fraction of sp³-hybridized carbons (Fsp3) is 0.800. The lowest BCUT2D eigenvalue weighted by molar-refractivity contribution is -0.314. The lowest BCUT2D eigenvalue weighted by Crippen LogP contribution is -2.59. The molecule has 0 aromatic heterocycles. The van der Waals surface area contributed by atoms with Gasteiger partial charge in [0.1, 0.15) is 30.2 Å². The number of hydrogen-bond donors (Lipinski definition) is 0. The number of hydrogen-bond acceptors (Lipinski definition) is 13. The number of rotatable bonds is 12. The van der Waals surface area contributed by atoms with Crippen LogP contribution in [0, 0.1) is 35.5 Å². The Morgan fingerprint density at radius 1 is 0.825 bits per heavy atom. The molecule has 0 bridgehead atoms. The minimum Gasteiger partial charge on any atom is -0.491 e. The summed E-state index contributed by atoms with van der Waals surface area (Å²) in [6.45, 7) is 12.3. The molecule has 63 heavy (non-hydrogen) atoms. The van der Waals surface area contributed by atoms with Gasteiger partial charge in [0.05, 0.1) is 49.0 Å². The first-order valence-corrected chi connectivity index (χ1v) is 24.1. The van der Waals surface area contributed by atoms with Crippen molar-refractivity contribution in [3.05, 3.63) is 35.9 Å². The lowest BCUT2D eigenvalue weighted by Gasteiger charge is -2.44. The molecule has 4 aliphatic heterocycles. The van der Waals surface area contributed by atoms with Gasteiger partial charge < -0.3 is 52.4 Å². The van der Waals surface area contributed by atoms with Crippen LogP contribution in [0.3, 0.4) is 0 Å². The molecule has 1 aromatic rings. The summed E-state index contributed by atoms with van der Waals surface area (Å²) in [6, 6.07) is 9.12. The fourth-order valence-electron chi connectivity index (χ4n) is 13.0. The van der Waals surface area contributed by atoms with Gasteiger partial charge in [-0.1, -0.05) is 19.9 Å². The Labute approximate surface area is 376 Å². The highest BCUT2D eigenvalue weighted by Crippen LogP contribution is 2.65. The number of carbonyl (C=O) groups is 2. The molecule has 7 aliphatic rings. The van der Waals surface area contributed by atoms with E-state index >= 15 is 4.79 Å². The van der Waals surface area contributed by atoms with Gasteiger partial charge >= 0.3 is 5.97 Å². The number of likely N-dealkylation sites (N-methyl/N-ethyl adjacent to an activating group) is 1. The first-order chi connectivity index (χ1) is 30.3. The van der Waals surface area contributed by atoms with Crippen molar-refractivity contribution in [3.8, 4) is 5.75 Å². The van der Waals surface area contributed by atoms with Crippen LogP contribution in [0.5, 0.6) is 5.75 Å². The predicted octanol–water partition coefficient (Wildman–Crippen LogP) is 6.98. The van der Waals surface area contributed by atoms with E-state index in [0.717, 1.165) is 62.0 Å². The summed E-state index contributed by atoms with van der Waals surface area (Å²) < 4.78 is 56.8. The highest BCUT2D eigenvalue weighted by Gasteiger charge is 2.69. The predicted molar refractivity (Wildman–Crippen MR) is 237 cm³/mol. The number of cyclic esters (lactones) is 1. The Hall–Kier alpha value is -2.62. The highest BCUT2D eigenvalue weighted by atomic mass is 16.7. The van der Waals surface area contributed by atoms with Crippen molar-refractivity contribution in [2.24, 2.45) is 35.5 Å². The molecule has 4 unspecified atom stereocenters. The Morgan fingerprint density at radius 3 is 2.19 bits per heavy atom. The number of anilines is 1. The first-order valence-electron chi connectivity index (χ1n) is 24.1. The van der Waals surface area contributed by atoms with Crippen LogP contribution in [0.15, 0.2) is 35.9 Å². The maximum atomic E-state index is 15.2. The number of Topliss-reactive ketones (excluding diaryl/α,β-unsaturated/α-hetero) is 1. The SMILES string of the molecule is CC[C@H]1CCC[C@H](O[C@H]2CC[C@H](N(C)C)C(C)O2)[C@@H](C)C(=O)C2=C[C@H]3[C@@H]4C[C@H](O[C@@H]5OC(C)[C@H](OC)C(OC)[C@@H]5OC)C[C@H]4C4[C@@H]([C@H]3[C@@H]2CC(=O)O1)N4c1ccc(OC(C)C)cc1. The molecule has 13 heteroatoms. The van der Waals surface area contributed by atoms with Crippen molar-refractivity contribution in [1.29, 1.82) is 0 Å². The quantitative estimate of drug-likeness (QED) is 0.159. The third-order valence-electron chi connectivity index (χ3n) is 15.9. The van der Waals surface area contributed by atoms with E-state index in [-0.39, 0.29) is 109 Å². The van der Waals surface area contributed by atoms with Crippen LogP contribution < -0.4 is 9.64 Å². The van der Waals surface area contributed by atoms with Gasteiger partial charge in [-0.05, 0) is 147 Å². The van der Waals surface area contributed by atoms with E-state index in [2.05, 4.69) is 68.1 Å². The zero-order chi connectivity index (χ0) is 44.9. The van der Waals surface area contributed by atoms with Crippen molar-refractivity contribution in [2.75, 3.05) is 40.3 Å². The average Bonchev–Trinajstić information content (AvgIpc) is 3.65. The molecular formula is C50H76N2O11. The number of ketones is 1. The van der Waals surface area contributed by atoms with E-state index < -0.39 is 18.3 Å². The van der Waals surface area contributed by atoms with Gasteiger partial charge in [-0.15, -0.1) is 0 Å². The smallest absolute Gasteiger partial charge is 0.306 e. The maximum absolute atomic E-state index is 15.2. The van der Waals surface area contributed by atoms with E-state index in [1.165, 1.54) is 0 Å². The minimum atomic E-state index is -0.635. The van der Waals surface area contributed by atoms with Crippen LogP contribution in [0.25, 0.3) is 0 Å². The van der Waals surface area contributed by atoms with Crippen LogP contribution in [-0.2, 0) is 47.5 Å². The summed E-state index contributed by atoms with van der Waals surface area (Å²) in [6.07, 6.45) is 5.90. The maximum Gasteiger partial charge on any atom is 0.306 e. The Kier molecular flexibility index (Phi) is 14.7. The Balaban J connectivity index is 1.11. The number of allylic oxidation sites excluding steroid dienone is 2. The van der Waals surface area contributed by atoms with Crippen LogP contribution in [0.1, 0.15) is 99.3 Å². The molecule has 0 radical (unpaired) electrons. The summed E-state index contributed by atoms with van der Waals surface area (Å²) in [4.78, 5) is 34.1. The molecule has 19 atom stereocenters. The molecule has 4 saturated heterocycles. The number of carbonyl (C=O) groups excluding carboxylic acids is 2. The Morgan fingerprint density at radius 2 is 1.54 bits per heavy atom. The monoisotopic (exact) mass is 881 g/mol. The topological polar surface area (TPSA) is 123 Å². The van der Waals surface area contributed by atoms with Crippen molar-refractivity contribution in [1.82, 2.24) is 4.90 Å². The normalized spacial score (nSPS) is 43.0. The van der Waals surface area contributed by atoms with Crippen molar-refractivity contribution >= 4 is 17.4 Å². The molecule has 13 nitrogen and oxygen atoms in total. The van der Waals surface area contributed by atoms with Gasteiger partial charge in [0.15, 0.2) is 18.4 Å². The van der Waals surface area contributed by atoms with E-state index in [9.17, 15) is 4.79 Å². The second-order valence-corrected chi connectivity index (χ2v) is 20.2. The second-order valence-electron chi connectivity index (χ2n) is 20.2. The molecular weight excluding hydrogens is 805 g/mol. The summed E-state index contributed by atoms with van der Waals surface area (Å²) >= 11 is 0. The van der Waals surface area contributed by atoms with E-state index in [1.807, 2.05) is 27.7 Å². The zero-order valence-corrected chi connectivity index (χ0v) is 39.7. The van der Waals surface area contributed by atoms with Crippen molar-refractivity contribution in [2.45, 2.75) is 185 Å². The highest BCUT2D eigenvalue weighted by molar-refractivity contribution is 5.99. The number of methoxy groups -OCH3 is 3. The molecule has 0 N–H and O–H groups in total. The van der Waals surface area contributed by atoms with Gasteiger partial charge in [0, 0.05) is 44.9 Å². The molecule has 3 aliphatic carbocycles. The third-order valence-corrected chi connectivity index (χ3v) is 15.9. The van der Waals surface area contributed by atoms with Crippen LogP contribution >= 0.6 is 0 Å². The van der Waals surface area contributed by atoms with Gasteiger partial charge in [-0.3, -0.25) is 9.59 Å². The first kappa shape index (κ1) is 46.9. The molecule has 2 saturated carbocycles. The van der Waals surface area contributed by atoms with Crippen LogP contribution in [0.2, 0.25) is 0 Å². The van der Waals surface area contributed by atoms with Crippen molar-refractivity contribution in [3.63, 3.8) is 0 Å². The fourth-order valence-corrected chi connectivity index (χ4v) is 13.0. The standard InChI is InChI=1S/C50H76N2O11/c1-12-31-14-13-15-40(63-42-21-20-39(51(7)8)28(5)59-42)27(4)46(54)38-24-35-34-22-33(62-50-49(57-11)48(56-10)47(55-9)29(6)60-50)23-37(34)44-45(43(35)36(38)25-41(53)61-31)52(44)30-16-18-32(19-17-30)58-26(2)3/h16-19,24,26-29,31,33-37,39-40,42-45,47-50H,12-15,20-23,25H2,1-11H3/t27-,28?,29?,31+,33+,34+,35+,36-,37-,39+,40+,42+,43-,44?,45-,47+,48?,49+,50+,52?/m1/s1. The molecule has 8 rings (SSSR count). The zero-order valence-electron chi connectivity index (χ0n) is 39.7. The number of nitrogens with zero attached hydrogens (tertiary/aromatic N) is 2. The number of fused-ring (bicyclic) bond motifs is 8. The van der Waals surface area contributed by atoms with Gasteiger partial charge in [0.2, 0.25) is 0 Å². The Bertz CT molecular complexity index is 1760. The summed E-state index contributed by atoms with van der Waals surface area (Å²) in [5.74, 6) is 0.679. The van der Waals surface area contributed by atoms with Crippen LogP contribution in [-0.4, -0.2) is 138 Å². The number of esters is 1. The lowest BCUT2D eigenvalue weighted by atomic mass is 9.66. The number of benzene rings is 1. The van der Waals surface area contributed by atoms with Gasteiger partial charge in [0.25, 0.3) is 0 Å². The molecule has 0 amide bonds. The van der Waals surface area contributed by atoms with E-state index in [0.29, 0.717) is 18.4 Å². The number of ether oxygens (including phenoxy) is 9. The van der Waals surface area contributed by atoms with Crippen molar-refractivity contribution < 1.29 is 52.2 Å². The molecule has 352 valence electrons. The summed E-state index contributed by atoms with van der Waals surface area (Å²) in [5, 5.41) is 0. The van der Waals surface area contributed by atoms with Gasteiger partial charge in [-0.2, -0.15) is 0 Å². The third kappa shape index (κ3) is 9.38. The summed E-state index contributed by atoms with van der Waals surface area (Å²) in [5.41, 5.74) is 1.90. The second kappa shape index (κ2) is 19.7. The molecule has 1 aromatic carbocycles. The minimum absolute atomic E-state index is 0.0163. The molecule has 0 spiro atoms.